The quantitative estimate of drug-likeness (QED) is 0.543. The number of nitrogens with zero attached hydrogens (tertiary/aromatic N) is 1. The molecule has 0 bridgehead atoms. The van der Waals surface area contributed by atoms with Crippen molar-refractivity contribution in [2.45, 2.75) is 45.2 Å². The predicted molar refractivity (Wildman–Crippen MR) is 70.8 cm³/mol. The molecule has 0 radical (unpaired) electrons. The van der Waals surface area contributed by atoms with Gasteiger partial charge in [0.15, 0.2) is 6.04 Å². The molecule has 1 fully saturated rings. The molecule has 1 rings (SSSR count). The van der Waals surface area contributed by atoms with Crippen LogP contribution in [0.3, 0.4) is 0 Å². The maximum absolute atomic E-state index is 12.2. The number of likely N-dealkylation sites (tertiary alicyclic amines) is 1. The fourth-order valence-corrected chi connectivity index (χ4v) is 2.42. The molecule has 0 spiro atoms. The number of esters is 1. The molecule has 0 saturated carbocycles. The lowest BCUT2D eigenvalue weighted by molar-refractivity contribution is -0.159. The standard InChI is InChI=1S/C13H22N2O5/c1-3-8-5-6-15(9(7-8)12(17)18)11(16)10(14)13(19)20-4-2/h8-10H,3-7,14H2,1-2H3,(H,17,18). The zero-order chi connectivity index (χ0) is 15.3. The van der Waals surface area contributed by atoms with Crippen LogP contribution in [0, 0.1) is 5.92 Å². The van der Waals surface area contributed by atoms with Gasteiger partial charge in [0.1, 0.15) is 6.04 Å². The maximum atomic E-state index is 12.2. The maximum Gasteiger partial charge on any atom is 0.332 e. The molecule has 7 heteroatoms. The second-order valence-electron chi connectivity index (χ2n) is 4.91. The lowest BCUT2D eigenvalue weighted by Gasteiger charge is -2.37. The summed E-state index contributed by atoms with van der Waals surface area (Å²) in [5, 5.41) is 9.24. The molecule has 7 nitrogen and oxygen atoms in total. The third-order valence-electron chi connectivity index (χ3n) is 3.66. The fourth-order valence-electron chi connectivity index (χ4n) is 2.42. The molecule has 1 amide bonds. The number of amides is 1. The first-order valence-corrected chi connectivity index (χ1v) is 6.87. The number of ether oxygens (including phenoxy) is 1. The average Bonchev–Trinajstić information content (AvgIpc) is 2.45. The number of carbonyl (C=O) groups excluding carboxylic acids is 2. The van der Waals surface area contributed by atoms with Crippen molar-refractivity contribution in [1.29, 1.82) is 0 Å². The Morgan fingerprint density at radius 3 is 2.55 bits per heavy atom. The summed E-state index contributed by atoms with van der Waals surface area (Å²) in [6.45, 7) is 4.04. The lowest BCUT2D eigenvalue weighted by atomic mass is 9.88. The molecule has 0 aliphatic carbocycles. The molecule has 3 atom stereocenters. The van der Waals surface area contributed by atoms with Crippen LogP contribution in [0.2, 0.25) is 0 Å². The third-order valence-corrected chi connectivity index (χ3v) is 3.66. The monoisotopic (exact) mass is 286 g/mol. The van der Waals surface area contributed by atoms with Crippen molar-refractivity contribution in [3.8, 4) is 0 Å². The molecule has 1 saturated heterocycles. The van der Waals surface area contributed by atoms with Gasteiger partial charge < -0.3 is 20.5 Å². The van der Waals surface area contributed by atoms with Crippen LogP contribution in [0.4, 0.5) is 0 Å². The van der Waals surface area contributed by atoms with Gasteiger partial charge in [-0.25, -0.2) is 9.59 Å². The highest BCUT2D eigenvalue weighted by Gasteiger charge is 2.39. The van der Waals surface area contributed by atoms with Gasteiger partial charge >= 0.3 is 11.9 Å². The van der Waals surface area contributed by atoms with Crippen LogP contribution in [0.1, 0.15) is 33.1 Å². The van der Waals surface area contributed by atoms with E-state index in [2.05, 4.69) is 0 Å². The first-order valence-electron chi connectivity index (χ1n) is 6.87. The van der Waals surface area contributed by atoms with Crippen molar-refractivity contribution >= 4 is 17.8 Å². The minimum absolute atomic E-state index is 0.125. The minimum Gasteiger partial charge on any atom is -0.480 e. The Kier molecular flexibility index (Phi) is 5.94. The van der Waals surface area contributed by atoms with E-state index in [0.717, 1.165) is 12.8 Å². The number of rotatable bonds is 5. The Hall–Kier alpha value is -1.63. The molecule has 1 aliphatic rings. The highest BCUT2D eigenvalue weighted by Crippen LogP contribution is 2.26. The molecular weight excluding hydrogens is 264 g/mol. The average molecular weight is 286 g/mol. The zero-order valence-corrected chi connectivity index (χ0v) is 11.9. The third kappa shape index (κ3) is 3.69. The van der Waals surface area contributed by atoms with Crippen molar-refractivity contribution in [3.63, 3.8) is 0 Å². The van der Waals surface area contributed by atoms with Crippen molar-refractivity contribution in [2.24, 2.45) is 11.7 Å². The Labute approximate surface area is 118 Å². The van der Waals surface area contributed by atoms with Crippen molar-refractivity contribution in [2.75, 3.05) is 13.2 Å². The van der Waals surface area contributed by atoms with Crippen LogP contribution < -0.4 is 5.73 Å². The first kappa shape index (κ1) is 16.4. The van der Waals surface area contributed by atoms with Gasteiger partial charge in [-0.15, -0.1) is 0 Å². The molecule has 0 aromatic heterocycles. The first-order chi connectivity index (χ1) is 9.42. The summed E-state index contributed by atoms with van der Waals surface area (Å²) >= 11 is 0. The number of carboxylic acid groups (broad SMARTS) is 1. The van der Waals surface area contributed by atoms with Gasteiger partial charge in [0, 0.05) is 6.54 Å². The van der Waals surface area contributed by atoms with E-state index in [0.29, 0.717) is 13.0 Å². The van der Waals surface area contributed by atoms with E-state index in [9.17, 15) is 19.5 Å². The van der Waals surface area contributed by atoms with E-state index in [1.165, 1.54) is 4.90 Å². The van der Waals surface area contributed by atoms with E-state index in [4.69, 9.17) is 10.5 Å². The van der Waals surface area contributed by atoms with E-state index < -0.39 is 29.9 Å². The topological polar surface area (TPSA) is 110 Å². The van der Waals surface area contributed by atoms with E-state index in [-0.39, 0.29) is 12.5 Å². The predicted octanol–water partition coefficient (Wildman–Crippen LogP) is -0.0214. The number of carboxylic acids is 1. The van der Waals surface area contributed by atoms with Crippen LogP contribution in [-0.2, 0) is 19.1 Å². The zero-order valence-electron chi connectivity index (χ0n) is 11.9. The number of aliphatic carboxylic acids is 1. The second-order valence-corrected chi connectivity index (χ2v) is 4.91. The smallest absolute Gasteiger partial charge is 0.332 e. The number of hydrogen-bond acceptors (Lipinski definition) is 5. The molecule has 114 valence electrons. The van der Waals surface area contributed by atoms with Gasteiger partial charge in [0.25, 0.3) is 5.91 Å². The number of nitrogens with two attached hydrogens (primary N) is 1. The number of carbonyl (C=O) groups is 3. The lowest BCUT2D eigenvalue weighted by Crippen LogP contribution is -2.57. The summed E-state index contributed by atoms with van der Waals surface area (Å²) in [6, 6.07) is -2.36. The molecule has 3 unspecified atom stereocenters. The van der Waals surface area contributed by atoms with Gasteiger partial charge in [-0.1, -0.05) is 13.3 Å². The van der Waals surface area contributed by atoms with Crippen LogP contribution in [-0.4, -0.2) is 53.1 Å². The van der Waals surface area contributed by atoms with E-state index >= 15 is 0 Å². The Morgan fingerprint density at radius 1 is 1.40 bits per heavy atom. The Balaban J connectivity index is 2.79. The Morgan fingerprint density at radius 2 is 2.05 bits per heavy atom. The number of piperidine rings is 1. The van der Waals surface area contributed by atoms with Gasteiger partial charge in [-0.2, -0.15) is 0 Å². The largest absolute Gasteiger partial charge is 0.480 e. The van der Waals surface area contributed by atoms with Crippen molar-refractivity contribution in [1.82, 2.24) is 4.90 Å². The van der Waals surface area contributed by atoms with Gasteiger partial charge in [-0.3, -0.25) is 4.79 Å². The molecule has 0 aromatic rings. The normalized spacial score (nSPS) is 24.1. The van der Waals surface area contributed by atoms with Crippen molar-refractivity contribution < 1.29 is 24.2 Å². The second kappa shape index (κ2) is 7.23. The van der Waals surface area contributed by atoms with Gasteiger partial charge in [-0.05, 0) is 25.7 Å². The fraction of sp³-hybridized carbons (Fsp3) is 0.769. The summed E-state index contributed by atoms with van der Waals surface area (Å²) in [5.41, 5.74) is 5.55. The molecule has 1 heterocycles. The molecule has 20 heavy (non-hydrogen) atoms. The van der Waals surface area contributed by atoms with E-state index in [1.54, 1.807) is 6.92 Å². The van der Waals surface area contributed by atoms with Crippen LogP contribution in [0.5, 0.6) is 0 Å². The summed E-state index contributed by atoms with van der Waals surface area (Å²) in [4.78, 5) is 36.1. The molecule has 3 N–H and O–H groups in total. The van der Waals surface area contributed by atoms with Gasteiger partial charge in [0.05, 0.1) is 6.61 Å². The Bertz CT molecular complexity index is 385. The van der Waals surface area contributed by atoms with Crippen LogP contribution in [0.15, 0.2) is 0 Å². The van der Waals surface area contributed by atoms with Crippen molar-refractivity contribution in [3.05, 3.63) is 0 Å². The summed E-state index contributed by atoms with van der Waals surface area (Å²) in [5.74, 6) is -2.28. The van der Waals surface area contributed by atoms with Crippen LogP contribution in [0.25, 0.3) is 0 Å². The molecule has 1 aliphatic heterocycles. The number of hydrogen-bond donors (Lipinski definition) is 2. The van der Waals surface area contributed by atoms with Crippen LogP contribution >= 0.6 is 0 Å². The summed E-state index contributed by atoms with van der Waals surface area (Å²) in [7, 11) is 0. The molecule has 0 aromatic carbocycles. The minimum atomic E-state index is -1.45. The van der Waals surface area contributed by atoms with E-state index in [1.807, 2.05) is 6.92 Å². The highest BCUT2D eigenvalue weighted by molar-refractivity contribution is 6.02. The molecular formula is C13H22N2O5. The SMILES string of the molecule is CCOC(=O)C(N)C(=O)N1CCC(CC)CC1C(=O)O. The summed E-state index contributed by atoms with van der Waals surface area (Å²) < 4.78 is 4.69. The summed E-state index contributed by atoms with van der Waals surface area (Å²) in [6.07, 6.45) is 1.99. The highest BCUT2D eigenvalue weighted by atomic mass is 16.5. The van der Waals surface area contributed by atoms with Gasteiger partial charge in [0.2, 0.25) is 0 Å².